The molecule has 1 aromatic carbocycles. The second kappa shape index (κ2) is 9.65. The van der Waals surface area contributed by atoms with Gasteiger partial charge in [-0.15, -0.1) is 11.3 Å². The first-order valence-corrected chi connectivity index (χ1v) is 11.5. The minimum absolute atomic E-state index is 0.00215. The molecule has 0 spiro atoms. The Morgan fingerprint density at radius 1 is 1.17 bits per heavy atom. The number of benzene rings is 1. The number of hydrogen-bond donors (Lipinski definition) is 0. The lowest BCUT2D eigenvalue weighted by Gasteiger charge is -2.38. The highest BCUT2D eigenvalue weighted by molar-refractivity contribution is 7.10. The quantitative estimate of drug-likeness (QED) is 0.658. The third-order valence-corrected chi connectivity index (χ3v) is 6.43. The topological polar surface area (TPSA) is 49.9 Å². The monoisotopic (exact) mass is 428 g/mol. The number of carbonyl (C=O) groups excluding carboxylic acids is 2. The van der Waals surface area contributed by atoms with Crippen LogP contribution in [-0.4, -0.2) is 48.4 Å². The maximum atomic E-state index is 13.5. The van der Waals surface area contributed by atoms with Crippen molar-refractivity contribution >= 4 is 23.2 Å². The molecule has 3 rings (SSSR count). The van der Waals surface area contributed by atoms with E-state index in [2.05, 4.69) is 25.3 Å². The van der Waals surface area contributed by atoms with Gasteiger partial charge in [-0.2, -0.15) is 0 Å². The second-order valence-electron chi connectivity index (χ2n) is 8.58. The molecule has 0 fully saturated rings. The summed E-state index contributed by atoms with van der Waals surface area (Å²) in [6, 6.07) is 9.93. The van der Waals surface area contributed by atoms with Gasteiger partial charge >= 0.3 is 0 Å². The molecule has 0 unspecified atom stereocenters. The van der Waals surface area contributed by atoms with Crippen molar-refractivity contribution in [3.63, 3.8) is 0 Å². The van der Waals surface area contributed by atoms with Gasteiger partial charge in [0.1, 0.15) is 5.75 Å². The van der Waals surface area contributed by atoms with Crippen LogP contribution < -0.4 is 4.74 Å². The van der Waals surface area contributed by atoms with E-state index < -0.39 is 0 Å². The molecule has 1 aliphatic heterocycles. The number of ether oxygens (including phenoxy) is 1. The van der Waals surface area contributed by atoms with E-state index in [0.717, 1.165) is 17.7 Å². The van der Waals surface area contributed by atoms with Gasteiger partial charge in [-0.1, -0.05) is 39.8 Å². The van der Waals surface area contributed by atoms with Gasteiger partial charge in [0, 0.05) is 23.9 Å². The van der Waals surface area contributed by atoms with Crippen LogP contribution in [0.25, 0.3) is 0 Å². The molecule has 2 amide bonds. The molecule has 1 aromatic heterocycles. The van der Waals surface area contributed by atoms with Crippen LogP contribution in [0.5, 0.6) is 5.75 Å². The number of amides is 2. The van der Waals surface area contributed by atoms with Crippen molar-refractivity contribution in [2.45, 2.75) is 40.2 Å². The van der Waals surface area contributed by atoms with Crippen LogP contribution in [0, 0.1) is 11.8 Å². The van der Waals surface area contributed by atoms with Gasteiger partial charge in [0.25, 0.3) is 0 Å². The van der Waals surface area contributed by atoms with Crippen molar-refractivity contribution < 1.29 is 14.3 Å². The summed E-state index contributed by atoms with van der Waals surface area (Å²) in [6.07, 6.45) is 0.855. The molecule has 0 radical (unpaired) electrons. The van der Waals surface area contributed by atoms with Gasteiger partial charge in [-0.05, 0) is 47.0 Å². The molecule has 2 heterocycles. The zero-order chi connectivity index (χ0) is 21.8. The number of rotatable bonds is 7. The van der Waals surface area contributed by atoms with Gasteiger partial charge in [-0.3, -0.25) is 9.59 Å². The third kappa shape index (κ3) is 4.86. The maximum absolute atomic E-state index is 13.5. The van der Waals surface area contributed by atoms with Gasteiger partial charge < -0.3 is 14.5 Å². The summed E-state index contributed by atoms with van der Waals surface area (Å²) in [5.74, 6) is 1.01. The van der Waals surface area contributed by atoms with Crippen LogP contribution in [0.1, 0.15) is 49.7 Å². The van der Waals surface area contributed by atoms with E-state index in [4.69, 9.17) is 4.74 Å². The molecular weight excluding hydrogens is 396 g/mol. The zero-order valence-electron chi connectivity index (χ0n) is 18.6. The predicted octanol–water partition coefficient (Wildman–Crippen LogP) is 4.37. The highest BCUT2D eigenvalue weighted by Crippen LogP contribution is 2.38. The summed E-state index contributed by atoms with van der Waals surface area (Å²) in [5.41, 5.74) is 2.25. The van der Waals surface area contributed by atoms with Crippen LogP contribution >= 0.6 is 11.3 Å². The molecule has 0 saturated carbocycles. The van der Waals surface area contributed by atoms with Crippen LogP contribution in [0.15, 0.2) is 35.7 Å². The van der Waals surface area contributed by atoms with E-state index in [1.165, 1.54) is 10.4 Å². The molecule has 6 heteroatoms. The largest absolute Gasteiger partial charge is 0.497 e. The van der Waals surface area contributed by atoms with E-state index in [1.54, 1.807) is 23.3 Å². The minimum Gasteiger partial charge on any atom is -0.497 e. The molecule has 162 valence electrons. The Morgan fingerprint density at radius 3 is 2.47 bits per heavy atom. The van der Waals surface area contributed by atoms with Crippen molar-refractivity contribution in [3.8, 4) is 5.75 Å². The fraction of sp³-hybridized carbons (Fsp3) is 0.500. The smallest absolute Gasteiger partial charge is 0.242 e. The number of thiophene rings is 1. The Morgan fingerprint density at radius 2 is 1.87 bits per heavy atom. The first-order chi connectivity index (χ1) is 14.3. The normalized spacial score (nSPS) is 16.0. The van der Waals surface area contributed by atoms with Crippen molar-refractivity contribution in [1.29, 1.82) is 0 Å². The van der Waals surface area contributed by atoms with Crippen LogP contribution in [-0.2, 0) is 16.0 Å². The van der Waals surface area contributed by atoms with Crippen molar-refractivity contribution in [1.82, 2.24) is 9.80 Å². The number of nitrogens with zero attached hydrogens (tertiary/aromatic N) is 2. The van der Waals surface area contributed by atoms with E-state index in [0.29, 0.717) is 19.0 Å². The van der Waals surface area contributed by atoms with Crippen LogP contribution in [0.4, 0.5) is 0 Å². The Hall–Kier alpha value is -2.34. The van der Waals surface area contributed by atoms with E-state index in [1.807, 2.05) is 43.0 Å². The van der Waals surface area contributed by atoms with E-state index in [-0.39, 0.29) is 30.3 Å². The number of carbonyl (C=O) groups is 2. The molecule has 2 aromatic rings. The average molecular weight is 429 g/mol. The number of fused-ring (bicyclic) bond motifs is 1. The lowest BCUT2D eigenvalue weighted by molar-refractivity contribution is -0.143. The number of hydrogen-bond acceptors (Lipinski definition) is 4. The molecule has 30 heavy (non-hydrogen) atoms. The Labute approximate surface area is 183 Å². The summed E-state index contributed by atoms with van der Waals surface area (Å²) in [4.78, 5) is 31.2. The molecule has 0 aliphatic carbocycles. The molecule has 1 aliphatic rings. The predicted molar refractivity (Wildman–Crippen MR) is 121 cm³/mol. The first-order valence-electron chi connectivity index (χ1n) is 10.6. The summed E-state index contributed by atoms with van der Waals surface area (Å²) >= 11 is 1.75. The minimum atomic E-state index is -0.131. The fourth-order valence-corrected chi connectivity index (χ4v) is 4.93. The standard InChI is InChI=1S/C24H32N2O3S/c1-16(2)14-25(24(28)17(3)4)15-22(27)26-12-10-21-20(11-13-30-21)23(26)18-6-8-19(29-5)9-7-18/h6-9,11,13,16-17,23H,10,12,14-15H2,1-5H3/t23-/m0/s1. The first kappa shape index (κ1) is 22.3. The van der Waals surface area contributed by atoms with Gasteiger partial charge in [0.05, 0.1) is 19.7 Å². The molecule has 0 saturated heterocycles. The summed E-state index contributed by atoms with van der Waals surface area (Å²) in [7, 11) is 1.65. The Balaban J connectivity index is 1.89. The van der Waals surface area contributed by atoms with Crippen LogP contribution in [0.2, 0.25) is 0 Å². The molecule has 1 atom stereocenters. The van der Waals surface area contributed by atoms with Crippen molar-refractivity contribution in [2.24, 2.45) is 11.8 Å². The number of methoxy groups -OCH3 is 1. The summed E-state index contributed by atoms with van der Waals surface area (Å²) in [5, 5.41) is 2.10. The third-order valence-electron chi connectivity index (χ3n) is 5.44. The van der Waals surface area contributed by atoms with Crippen LogP contribution in [0.3, 0.4) is 0 Å². The molecule has 5 nitrogen and oxygen atoms in total. The Bertz CT molecular complexity index is 873. The van der Waals surface area contributed by atoms with Gasteiger partial charge in [0.15, 0.2) is 0 Å². The fourth-order valence-electron chi connectivity index (χ4n) is 4.02. The highest BCUT2D eigenvalue weighted by atomic mass is 32.1. The highest BCUT2D eigenvalue weighted by Gasteiger charge is 2.34. The van der Waals surface area contributed by atoms with Gasteiger partial charge in [0.2, 0.25) is 11.8 Å². The second-order valence-corrected chi connectivity index (χ2v) is 9.58. The SMILES string of the molecule is COc1ccc([C@H]2c3ccsc3CCN2C(=O)CN(CC(C)C)C(=O)C(C)C)cc1. The zero-order valence-corrected chi connectivity index (χ0v) is 19.4. The van der Waals surface area contributed by atoms with Crippen molar-refractivity contribution in [2.75, 3.05) is 26.7 Å². The summed E-state index contributed by atoms with van der Waals surface area (Å²) in [6.45, 7) is 9.30. The molecular formula is C24H32N2O3S. The van der Waals surface area contributed by atoms with Crippen molar-refractivity contribution in [3.05, 3.63) is 51.7 Å². The summed E-state index contributed by atoms with van der Waals surface area (Å²) < 4.78 is 5.30. The van der Waals surface area contributed by atoms with E-state index >= 15 is 0 Å². The molecule has 0 bridgehead atoms. The Kier molecular flexibility index (Phi) is 7.19. The van der Waals surface area contributed by atoms with E-state index in [9.17, 15) is 9.59 Å². The maximum Gasteiger partial charge on any atom is 0.242 e. The lowest BCUT2D eigenvalue weighted by atomic mass is 9.93. The molecule has 0 N–H and O–H groups in total. The van der Waals surface area contributed by atoms with Gasteiger partial charge in [-0.25, -0.2) is 0 Å². The average Bonchev–Trinajstić information content (AvgIpc) is 3.20. The lowest BCUT2D eigenvalue weighted by Crippen LogP contribution is -2.48.